The molecule has 0 aliphatic carbocycles. The Hall–Kier alpha value is -3.22. The number of nitrogens with two attached hydrogens (primary N) is 1. The molecule has 12 nitrogen and oxygen atoms in total. The molecule has 168 valence electrons. The Kier molecular flexibility index (Phi) is 5.64. The molecule has 0 aromatic carbocycles. The van der Waals surface area contributed by atoms with Crippen molar-refractivity contribution in [2.24, 2.45) is 0 Å². The Morgan fingerprint density at radius 1 is 1.03 bits per heavy atom. The number of anilines is 2. The topological polar surface area (TPSA) is 131 Å². The summed E-state index contributed by atoms with van der Waals surface area (Å²) in [5, 5.41) is 5.05. The lowest BCUT2D eigenvalue weighted by molar-refractivity contribution is 0.0785. The third kappa shape index (κ3) is 4.11. The van der Waals surface area contributed by atoms with Gasteiger partial charge in [0.15, 0.2) is 5.65 Å². The van der Waals surface area contributed by atoms with Gasteiger partial charge < -0.3 is 20.3 Å². The number of nitrogen functional groups attached to an aromatic ring is 1. The molecule has 0 amide bonds. The second kappa shape index (κ2) is 8.73. The molecule has 2 fully saturated rings. The van der Waals surface area contributed by atoms with Crippen molar-refractivity contribution >= 4 is 28.8 Å². The lowest BCUT2D eigenvalue weighted by atomic mass is 10.2. The second-order valence-corrected chi connectivity index (χ2v) is 8.07. The number of nitrogens with zero attached hydrogens (tertiary/aromatic N) is 9. The molecular weight excluding hydrogens is 412 g/mol. The van der Waals surface area contributed by atoms with Crippen LogP contribution in [0.1, 0.15) is 4.79 Å². The van der Waals surface area contributed by atoms with Gasteiger partial charge in [-0.2, -0.15) is 14.8 Å². The monoisotopic (exact) mass is 438 g/mol. The van der Waals surface area contributed by atoms with Crippen LogP contribution >= 0.6 is 0 Å². The molecule has 2 aliphatic rings. The van der Waals surface area contributed by atoms with Crippen molar-refractivity contribution in [3.63, 3.8) is 0 Å². The summed E-state index contributed by atoms with van der Waals surface area (Å²) in [6.45, 7) is 6.43. The van der Waals surface area contributed by atoms with Crippen molar-refractivity contribution < 1.29 is 9.53 Å². The SMILES string of the molecule is CN1CCN(CC(=O)n2ncc3c(-c4cnc(N)nc4)nc(N4CCOCC4)nc32)CC1. The number of carbonyl (C=O) groups excluding carboxylic acids is 1. The number of hydrogen-bond acceptors (Lipinski definition) is 11. The van der Waals surface area contributed by atoms with Gasteiger partial charge in [-0.05, 0) is 7.05 Å². The second-order valence-electron chi connectivity index (χ2n) is 8.07. The molecule has 12 heteroatoms. The molecule has 0 unspecified atom stereocenters. The highest BCUT2D eigenvalue weighted by Gasteiger charge is 2.24. The molecule has 2 N–H and O–H groups in total. The maximum absolute atomic E-state index is 13.2. The van der Waals surface area contributed by atoms with Gasteiger partial charge in [0.1, 0.15) is 0 Å². The number of hydrogen-bond donors (Lipinski definition) is 1. The molecule has 0 atom stereocenters. The summed E-state index contributed by atoms with van der Waals surface area (Å²) in [6, 6.07) is 0. The van der Waals surface area contributed by atoms with Crippen LogP contribution in [0.4, 0.5) is 11.9 Å². The Bertz CT molecular complexity index is 1100. The molecular formula is C20H26N10O2. The van der Waals surface area contributed by atoms with Crippen molar-refractivity contribution in [3.8, 4) is 11.3 Å². The molecule has 0 radical (unpaired) electrons. The highest BCUT2D eigenvalue weighted by molar-refractivity contribution is 5.96. The summed E-state index contributed by atoms with van der Waals surface area (Å²) in [7, 11) is 2.09. The van der Waals surface area contributed by atoms with E-state index in [1.807, 2.05) is 4.90 Å². The van der Waals surface area contributed by atoms with Crippen molar-refractivity contribution in [2.45, 2.75) is 0 Å². The molecule has 2 saturated heterocycles. The first kappa shape index (κ1) is 20.7. The fourth-order valence-electron chi connectivity index (χ4n) is 3.93. The predicted molar refractivity (Wildman–Crippen MR) is 118 cm³/mol. The van der Waals surface area contributed by atoms with Crippen LogP contribution < -0.4 is 10.6 Å². The summed E-state index contributed by atoms with van der Waals surface area (Å²) in [4.78, 5) is 37.3. The standard InChI is InChI=1S/C20H26N10O2/c1-27-2-4-28(5-3-27)13-16(31)30-18-15(12-24-30)17(14-10-22-19(21)23-11-14)25-20(26-18)29-6-8-32-9-7-29/h10-12H,2-9,13H2,1H3,(H2,21,22,23). The van der Waals surface area contributed by atoms with E-state index in [1.54, 1.807) is 18.6 Å². The van der Waals surface area contributed by atoms with Crippen LogP contribution in [0, 0.1) is 0 Å². The number of likely N-dealkylation sites (N-methyl/N-ethyl adjacent to an activating group) is 1. The van der Waals surface area contributed by atoms with E-state index >= 15 is 0 Å². The highest BCUT2D eigenvalue weighted by Crippen LogP contribution is 2.28. The first-order valence-corrected chi connectivity index (χ1v) is 10.7. The van der Waals surface area contributed by atoms with Gasteiger partial charge in [0.25, 0.3) is 5.91 Å². The van der Waals surface area contributed by atoms with Crippen LogP contribution in [0.5, 0.6) is 0 Å². The Labute approximate surface area is 185 Å². The zero-order valence-electron chi connectivity index (χ0n) is 18.0. The Balaban J connectivity index is 1.53. The van der Waals surface area contributed by atoms with Gasteiger partial charge in [0, 0.05) is 57.2 Å². The third-order valence-corrected chi connectivity index (χ3v) is 5.85. The first-order valence-electron chi connectivity index (χ1n) is 10.7. The zero-order valence-corrected chi connectivity index (χ0v) is 18.0. The van der Waals surface area contributed by atoms with Gasteiger partial charge in [0.05, 0.1) is 37.0 Å². The lowest BCUT2D eigenvalue weighted by Gasteiger charge is -2.31. The summed E-state index contributed by atoms with van der Waals surface area (Å²) < 4.78 is 6.85. The molecule has 0 saturated carbocycles. The molecule has 3 aromatic heterocycles. The average Bonchev–Trinajstić information content (AvgIpc) is 3.25. The number of carbonyl (C=O) groups is 1. The summed E-state index contributed by atoms with van der Waals surface area (Å²) in [5.74, 6) is 0.600. The van der Waals surface area contributed by atoms with Crippen LogP contribution in [0.25, 0.3) is 22.3 Å². The van der Waals surface area contributed by atoms with Gasteiger partial charge in [-0.15, -0.1) is 0 Å². The maximum Gasteiger partial charge on any atom is 0.263 e. The van der Waals surface area contributed by atoms with Gasteiger partial charge >= 0.3 is 0 Å². The number of piperazine rings is 1. The lowest BCUT2D eigenvalue weighted by Crippen LogP contribution is -2.47. The van der Waals surface area contributed by atoms with Crippen LogP contribution in [-0.4, -0.2) is 111 Å². The van der Waals surface area contributed by atoms with Crippen LogP contribution in [0.2, 0.25) is 0 Å². The van der Waals surface area contributed by atoms with Gasteiger partial charge in [-0.25, -0.2) is 15.0 Å². The van der Waals surface area contributed by atoms with Gasteiger partial charge in [0.2, 0.25) is 11.9 Å². The fraction of sp³-hybridized carbons (Fsp3) is 0.500. The Morgan fingerprint density at radius 3 is 2.47 bits per heavy atom. The summed E-state index contributed by atoms with van der Waals surface area (Å²) in [5.41, 5.74) is 7.45. The molecule has 32 heavy (non-hydrogen) atoms. The van der Waals surface area contributed by atoms with Crippen molar-refractivity contribution in [1.82, 2.24) is 39.5 Å². The average molecular weight is 438 g/mol. The Morgan fingerprint density at radius 2 is 1.75 bits per heavy atom. The van der Waals surface area contributed by atoms with Crippen molar-refractivity contribution in [1.29, 1.82) is 0 Å². The largest absolute Gasteiger partial charge is 0.378 e. The molecule has 0 spiro atoms. The molecule has 5 heterocycles. The minimum Gasteiger partial charge on any atom is -0.378 e. The number of morpholine rings is 1. The number of aromatic nitrogens is 6. The normalized spacial score (nSPS) is 18.3. The van der Waals surface area contributed by atoms with Crippen LogP contribution in [0.3, 0.4) is 0 Å². The van der Waals surface area contributed by atoms with E-state index < -0.39 is 0 Å². The highest BCUT2D eigenvalue weighted by atomic mass is 16.5. The summed E-state index contributed by atoms with van der Waals surface area (Å²) >= 11 is 0. The third-order valence-electron chi connectivity index (χ3n) is 5.85. The smallest absolute Gasteiger partial charge is 0.263 e. The summed E-state index contributed by atoms with van der Waals surface area (Å²) in [6.07, 6.45) is 4.87. The van der Waals surface area contributed by atoms with Gasteiger partial charge in [-0.1, -0.05) is 0 Å². The quantitative estimate of drug-likeness (QED) is 0.570. The van der Waals surface area contributed by atoms with Crippen LogP contribution in [-0.2, 0) is 4.74 Å². The molecule has 0 bridgehead atoms. The first-order chi connectivity index (χ1) is 15.6. The molecule has 2 aliphatic heterocycles. The van der Waals surface area contributed by atoms with E-state index in [4.69, 9.17) is 20.4 Å². The predicted octanol–water partition coefficient (Wildman–Crippen LogP) is -0.410. The minimum absolute atomic E-state index is 0.115. The van der Waals surface area contributed by atoms with E-state index in [-0.39, 0.29) is 11.9 Å². The van der Waals surface area contributed by atoms with Gasteiger partial charge in [-0.3, -0.25) is 9.69 Å². The van der Waals surface area contributed by atoms with E-state index in [9.17, 15) is 4.79 Å². The van der Waals surface area contributed by atoms with E-state index in [0.717, 1.165) is 26.2 Å². The maximum atomic E-state index is 13.2. The zero-order chi connectivity index (χ0) is 22.1. The van der Waals surface area contributed by atoms with E-state index in [1.165, 1.54) is 4.68 Å². The van der Waals surface area contributed by atoms with Crippen LogP contribution in [0.15, 0.2) is 18.6 Å². The van der Waals surface area contributed by atoms with E-state index in [2.05, 4.69) is 31.9 Å². The van der Waals surface area contributed by atoms with Crippen molar-refractivity contribution in [3.05, 3.63) is 18.6 Å². The number of ether oxygens (including phenoxy) is 1. The molecule has 5 rings (SSSR count). The van der Waals surface area contributed by atoms with E-state index in [0.29, 0.717) is 61.1 Å². The fourth-order valence-corrected chi connectivity index (χ4v) is 3.93. The van der Waals surface area contributed by atoms with Crippen molar-refractivity contribution in [2.75, 3.05) is 76.7 Å². The number of fused-ring (bicyclic) bond motifs is 1. The molecule has 3 aromatic rings. The minimum atomic E-state index is -0.115. The number of rotatable bonds is 4.